The van der Waals surface area contributed by atoms with Gasteiger partial charge in [-0.15, -0.1) is 0 Å². The molecule has 0 heterocycles. The lowest BCUT2D eigenvalue weighted by Crippen LogP contribution is -2.15. The van der Waals surface area contributed by atoms with Crippen LogP contribution in [0.5, 0.6) is 11.5 Å². The lowest BCUT2D eigenvalue weighted by Gasteiger charge is -2.11. The Morgan fingerprint density at radius 2 is 1.90 bits per heavy atom. The molecule has 0 amide bonds. The van der Waals surface area contributed by atoms with Crippen molar-refractivity contribution in [3.05, 3.63) is 56.7 Å². The maximum absolute atomic E-state index is 13.1. The molecule has 0 bridgehead atoms. The Morgan fingerprint density at radius 3 is 2.57 bits per heavy atom. The summed E-state index contributed by atoms with van der Waals surface area (Å²) >= 11 is 6.87. The SMILES string of the molecule is Fc1ccc(Oc2ccc(CNC3CC3)c(Br)c2)c(Br)c1. The van der Waals surface area contributed by atoms with Gasteiger partial charge in [0.15, 0.2) is 0 Å². The highest BCUT2D eigenvalue weighted by atomic mass is 79.9. The fourth-order valence-corrected chi connectivity index (χ4v) is 2.89. The first kappa shape index (κ1) is 15.0. The van der Waals surface area contributed by atoms with Crippen LogP contribution in [0.25, 0.3) is 0 Å². The first-order chi connectivity index (χ1) is 10.1. The van der Waals surface area contributed by atoms with Gasteiger partial charge in [0.05, 0.1) is 4.47 Å². The van der Waals surface area contributed by atoms with Crippen LogP contribution in [0.15, 0.2) is 45.3 Å². The van der Waals surface area contributed by atoms with Crippen molar-refractivity contribution in [3.63, 3.8) is 0 Å². The smallest absolute Gasteiger partial charge is 0.141 e. The Kier molecular flexibility index (Phi) is 4.62. The molecule has 110 valence electrons. The summed E-state index contributed by atoms with van der Waals surface area (Å²) in [6.45, 7) is 0.853. The van der Waals surface area contributed by atoms with Crippen LogP contribution in [0, 0.1) is 5.82 Å². The molecule has 1 aliphatic rings. The third-order valence-corrected chi connectivity index (χ3v) is 4.66. The minimum Gasteiger partial charge on any atom is -0.456 e. The summed E-state index contributed by atoms with van der Waals surface area (Å²) in [5.41, 5.74) is 1.20. The number of nitrogens with one attached hydrogen (secondary N) is 1. The normalized spacial score (nSPS) is 14.2. The van der Waals surface area contributed by atoms with Crippen molar-refractivity contribution in [2.24, 2.45) is 0 Å². The largest absolute Gasteiger partial charge is 0.456 e. The van der Waals surface area contributed by atoms with E-state index in [0.717, 1.165) is 11.0 Å². The summed E-state index contributed by atoms with van der Waals surface area (Å²) in [6, 6.07) is 10.9. The van der Waals surface area contributed by atoms with Gasteiger partial charge in [0, 0.05) is 17.1 Å². The maximum Gasteiger partial charge on any atom is 0.141 e. The van der Waals surface area contributed by atoms with Gasteiger partial charge in [-0.1, -0.05) is 22.0 Å². The molecule has 1 fully saturated rings. The van der Waals surface area contributed by atoms with Crippen LogP contribution in [0.4, 0.5) is 4.39 Å². The molecule has 0 saturated heterocycles. The van der Waals surface area contributed by atoms with Crippen molar-refractivity contribution in [1.29, 1.82) is 0 Å². The molecule has 0 aromatic heterocycles. The maximum atomic E-state index is 13.1. The third kappa shape index (κ3) is 4.05. The van der Waals surface area contributed by atoms with Gasteiger partial charge in [-0.3, -0.25) is 0 Å². The first-order valence-corrected chi connectivity index (χ1v) is 8.35. The molecule has 0 radical (unpaired) electrons. The van der Waals surface area contributed by atoms with E-state index in [1.165, 1.54) is 30.5 Å². The highest BCUT2D eigenvalue weighted by Gasteiger charge is 2.20. The van der Waals surface area contributed by atoms with Gasteiger partial charge in [0.25, 0.3) is 0 Å². The van der Waals surface area contributed by atoms with E-state index >= 15 is 0 Å². The number of benzene rings is 2. The predicted octanol–water partition coefficient (Wildman–Crippen LogP) is 5.40. The molecule has 21 heavy (non-hydrogen) atoms. The van der Waals surface area contributed by atoms with Crippen LogP contribution >= 0.6 is 31.9 Å². The van der Waals surface area contributed by atoms with E-state index in [0.29, 0.717) is 22.0 Å². The second-order valence-electron chi connectivity index (χ2n) is 5.09. The van der Waals surface area contributed by atoms with Crippen LogP contribution in [-0.4, -0.2) is 6.04 Å². The van der Waals surface area contributed by atoms with Crippen molar-refractivity contribution < 1.29 is 9.13 Å². The Hall–Kier alpha value is -0.910. The summed E-state index contributed by atoms with van der Waals surface area (Å²) < 4.78 is 20.4. The Morgan fingerprint density at radius 1 is 1.10 bits per heavy atom. The molecule has 0 unspecified atom stereocenters. The van der Waals surface area contributed by atoms with Crippen LogP contribution in [0.2, 0.25) is 0 Å². The average Bonchev–Trinajstić information content (AvgIpc) is 3.25. The van der Waals surface area contributed by atoms with E-state index in [1.54, 1.807) is 6.07 Å². The van der Waals surface area contributed by atoms with Crippen molar-refractivity contribution in [1.82, 2.24) is 5.32 Å². The lowest BCUT2D eigenvalue weighted by atomic mass is 10.2. The highest BCUT2D eigenvalue weighted by molar-refractivity contribution is 9.10. The lowest BCUT2D eigenvalue weighted by molar-refractivity contribution is 0.476. The van der Waals surface area contributed by atoms with E-state index in [9.17, 15) is 4.39 Å². The zero-order chi connectivity index (χ0) is 14.8. The Balaban J connectivity index is 1.71. The summed E-state index contributed by atoms with van der Waals surface area (Å²) in [6.07, 6.45) is 2.55. The monoisotopic (exact) mass is 413 g/mol. The third-order valence-electron chi connectivity index (χ3n) is 3.30. The standard InChI is InChI=1S/C16H14Br2FNO/c17-14-8-13(5-1-10(14)9-20-12-3-4-12)21-16-6-2-11(19)7-15(16)18/h1-2,5-8,12,20H,3-4,9H2. The van der Waals surface area contributed by atoms with Crippen LogP contribution in [0.1, 0.15) is 18.4 Å². The topological polar surface area (TPSA) is 21.3 Å². The van der Waals surface area contributed by atoms with E-state index in [2.05, 4.69) is 37.2 Å². The van der Waals surface area contributed by atoms with E-state index in [-0.39, 0.29) is 5.82 Å². The average molecular weight is 415 g/mol. The minimum atomic E-state index is -0.295. The van der Waals surface area contributed by atoms with Crippen molar-refractivity contribution >= 4 is 31.9 Å². The quantitative estimate of drug-likeness (QED) is 0.707. The van der Waals surface area contributed by atoms with Gasteiger partial charge in [-0.2, -0.15) is 0 Å². The van der Waals surface area contributed by atoms with Gasteiger partial charge in [-0.25, -0.2) is 4.39 Å². The molecule has 1 aliphatic carbocycles. The fourth-order valence-electron chi connectivity index (χ4n) is 1.96. The second-order valence-corrected chi connectivity index (χ2v) is 6.79. The number of rotatable bonds is 5. The van der Waals surface area contributed by atoms with Crippen LogP contribution < -0.4 is 10.1 Å². The molecule has 3 rings (SSSR count). The van der Waals surface area contributed by atoms with Crippen LogP contribution in [0.3, 0.4) is 0 Å². The first-order valence-electron chi connectivity index (χ1n) is 6.76. The van der Waals surface area contributed by atoms with Gasteiger partial charge < -0.3 is 10.1 Å². The summed E-state index contributed by atoms with van der Waals surface area (Å²) in [7, 11) is 0. The summed E-state index contributed by atoms with van der Waals surface area (Å²) in [5, 5.41) is 3.48. The second kappa shape index (κ2) is 6.46. The molecule has 0 spiro atoms. The van der Waals surface area contributed by atoms with E-state index in [4.69, 9.17) is 4.74 Å². The molecule has 2 aromatic carbocycles. The number of ether oxygens (including phenoxy) is 1. The number of hydrogen-bond acceptors (Lipinski definition) is 2. The molecule has 1 N–H and O–H groups in total. The van der Waals surface area contributed by atoms with Crippen molar-refractivity contribution in [3.8, 4) is 11.5 Å². The molecule has 0 aliphatic heterocycles. The fraction of sp³-hybridized carbons (Fsp3) is 0.250. The Labute approximate surface area is 140 Å². The van der Waals surface area contributed by atoms with Crippen molar-refractivity contribution in [2.75, 3.05) is 0 Å². The zero-order valence-corrected chi connectivity index (χ0v) is 14.4. The van der Waals surface area contributed by atoms with Gasteiger partial charge in [0.2, 0.25) is 0 Å². The Bertz CT molecular complexity index is 659. The molecule has 5 heteroatoms. The zero-order valence-electron chi connectivity index (χ0n) is 11.2. The number of hydrogen-bond donors (Lipinski definition) is 1. The molecule has 2 nitrogen and oxygen atoms in total. The summed E-state index contributed by atoms with van der Waals surface area (Å²) in [5.74, 6) is 1.01. The molecule has 2 aromatic rings. The summed E-state index contributed by atoms with van der Waals surface area (Å²) in [4.78, 5) is 0. The van der Waals surface area contributed by atoms with Crippen LogP contribution in [-0.2, 0) is 6.54 Å². The molecule has 1 saturated carbocycles. The van der Waals surface area contributed by atoms with E-state index < -0.39 is 0 Å². The van der Waals surface area contributed by atoms with Gasteiger partial charge in [0.1, 0.15) is 17.3 Å². The highest BCUT2D eigenvalue weighted by Crippen LogP contribution is 2.32. The minimum absolute atomic E-state index is 0.295. The molecule has 0 atom stereocenters. The van der Waals surface area contributed by atoms with E-state index in [1.807, 2.05) is 18.2 Å². The molecular weight excluding hydrogens is 401 g/mol. The van der Waals surface area contributed by atoms with Gasteiger partial charge >= 0.3 is 0 Å². The predicted molar refractivity (Wildman–Crippen MR) is 88.2 cm³/mol. The molecular formula is C16H14Br2FNO. The van der Waals surface area contributed by atoms with Crippen molar-refractivity contribution in [2.45, 2.75) is 25.4 Å². The number of halogens is 3. The van der Waals surface area contributed by atoms with Gasteiger partial charge in [-0.05, 0) is 64.7 Å².